The number of anilines is 2. The molecule has 0 spiro atoms. The predicted molar refractivity (Wildman–Crippen MR) is 111 cm³/mol. The Morgan fingerprint density at radius 3 is 2.32 bits per heavy atom. The van der Waals surface area contributed by atoms with Crippen molar-refractivity contribution < 1.29 is 9.72 Å². The molecule has 1 aliphatic heterocycles. The van der Waals surface area contributed by atoms with Crippen molar-refractivity contribution >= 4 is 23.0 Å². The van der Waals surface area contributed by atoms with Crippen LogP contribution in [0.3, 0.4) is 0 Å². The predicted octanol–water partition coefficient (Wildman–Crippen LogP) is 3.63. The molecule has 3 rings (SSSR count). The molecule has 1 aliphatic rings. The van der Waals surface area contributed by atoms with Crippen LogP contribution in [0.5, 0.6) is 0 Å². The number of carbonyl (C=O) groups is 1. The van der Waals surface area contributed by atoms with E-state index in [1.807, 2.05) is 24.3 Å². The molecule has 2 aromatic rings. The summed E-state index contributed by atoms with van der Waals surface area (Å²) in [4.78, 5) is 27.7. The van der Waals surface area contributed by atoms with Crippen molar-refractivity contribution in [2.75, 3.05) is 42.9 Å². The van der Waals surface area contributed by atoms with E-state index in [-0.39, 0.29) is 11.6 Å². The van der Waals surface area contributed by atoms with Gasteiger partial charge in [-0.05, 0) is 30.2 Å². The van der Waals surface area contributed by atoms with Crippen molar-refractivity contribution in [3.63, 3.8) is 0 Å². The zero-order valence-electron chi connectivity index (χ0n) is 16.3. The zero-order valence-corrected chi connectivity index (χ0v) is 16.3. The lowest BCUT2D eigenvalue weighted by atomic mass is 10.1. The molecule has 28 heavy (non-hydrogen) atoms. The first kappa shape index (κ1) is 19.8. The van der Waals surface area contributed by atoms with Crippen LogP contribution in [-0.2, 0) is 0 Å². The number of piperazine rings is 1. The van der Waals surface area contributed by atoms with Crippen LogP contribution in [0.4, 0.5) is 17.1 Å². The van der Waals surface area contributed by atoms with Gasteiger partial charge < -0.3 is 10.2 Å². The van der Waals surface area contributed by atoms with Gasteiger partial charge in [-0.25, -0.2) is 0 Å². The third kappa shape index (κ3) is 4.86. The van der Waals surface area contributed by atoms with Gasteiger partial charge in [0, 0.05) is 50.4 Å². The summed E-state index contributed by atoms with van der Waals surface area (Å²) in [6, 6.07) is 13.4. The number of carbonyl (C=O) groups excluding carboxylic acids is 1. The summed E-state index contributed by atoms with van der Waals surface area (Å²) in [5, 5.41) is 13.7. The summed E-state index contributed by atoms with van der Waals surface area (Å²) < 4.78 is 0. The van der Waals surface area contributed by atoms with Gasteiger partial charge >= 0.3 is 0 Å². The lowest BCUT2D eigenvalue weighted by Gasteiger charge is -2.37. The second-order valence-corrected chi connectivity index (χ2v) is 7.46. The number of nitro groups is 1. The second kappa shape index (κ2) is 8.84. The summed E-state index contributed by atoms with van der Waals surface area (Å²) >= 11 is 0. The quantitative estimate of drug-likeness (QED) is 0.610. The first-order valence-electron chi connectivity index (χ1n) is 9.56. The molecule has 7 nitrogen and oxygen atoms in total. The van der Waals surface area contributed by atoms with Gasteiger partial charge in [-0.15, -0.1) is 0 Å². The van der Waals surface area contributed by atoms with Gasteiger partial charge in [0.2, 0.25) is 0 Å². The van der Waals surface area contributed by atoms with Crippen LogP contribution >= 0.6 is 0 Å². The van der Waals surface area contributed by atoms with Gasteiger partial charge in [-0.2, -0.15) is 0 Å². The molecule has 2 aromatic carbocycles. The molecule has 0 radical (unpaired) electrons. The molecular weight excluding hydrogens is 356 g/mol. The Morgan fingerprint density at radius 1 is 1.07 bits per heavy atom. The molecule has 0 aliphatic carbocycles. The molecule has 0 unspecified atom stereocenters. The normalized spacial score (nSPS) is 14.9. The largest absolute Gasteiger partial charge is 0.367 e. The Kier molecular flexibility index (Phi) is 6.26. The van der Waals surface area contributed by atoms with Gasteiger partial charge in [0.25, 0.3) is 11.6 Å². The van der Waals surface area contributed by atoms with Crippen LogP contribution in [0.1, 0.15) is 24.2 Å². The van der Waals surface area contributed by atoms with Crippen LogP contribution in [0.15, 0.2) is 48.5 Å². The van der Waals surface area contributed by atoms with Gasteiger partial charge in [0.15, 0.2) is 0 Å². The standard InChI is InChI=1S/C21H26N4O3/c1-16(2)15-23-11-13-24(14-12-23)20-6-4-3-5-19(20)22-21(26)17-7-9-18(10-8-17)25(27)28/h3-10,16H,11-15H2,1-2H3,(H,22,26). The van der Waals surface area contributed by atoms with E-state index < -0.39 is 4.92 Å². The number of non-ortho nitro benzene ring substituents is 1. The number of para-hydroxylation sites is 2. The van der Waals surface area contributed by atoms with E-state index in [0.29, 0.717) is 11.5 Å². The van der Waals surface area contributed by atoms with Gasteiger partial charge in [0.05, 0.1) is 16.3 Å². The molecule has 7 heteroatoms. The number of nitro benzene ring substituents is 1. The minimum atomic E-state index is -0.476. The highest BCUT2D eigenvalue weighted by Gasteiger charge is 2.20. The number of amides is 1. The molecule has 0 aromatic heterocycles. The number of hydrogen-bond donors (Lipinski definition) is 1. The number of benzene rings is 2. The Hall–Kier alpha value is -2.93. The molecule has 0 atom stereocenters. The maximum Gasteiger partial charge on any atom is 0.269 e. The maximum absolute atomic E-state index is 12.6. The monoisotopic (exact) mass is 382 g/mol. The van der Waals surface area contributed by atoms with Crippen molar-refractivity contribution in [3.05, 3.63) is 64.2 Å². The van der Waals surface area contributed by atoms with E-state index in [1.54, 1.807) is 0 Å². The fourth-order valence-electron chi connectivity index (χ4n) is 3.47. The third-order valence-corrected chi connectivity index (χ3v) is 4.83. The summed E-state index contributed by atoms with van der Waals surface area (Å²) in [7, 11) is 0. The molecule has 148 valence electrons. The molecule has 1 N–H and O–H groups in total. The molecule has 0 saturated carbocycles. The number of nitrogens with one attached hydrogen (secondary N) is 1. The Labute approximate surface area is 165 Å². The smallest absolute Gasteiger partial charge is 0.269 e. The molecule has 0 bridgehead atoms. The molecule has 1 amide bonds. The first-order chi connectivity index (χ1) is 13.4. The number of nitrogens with zero attached hydrogens (tertiary/aromatic N) is 3. The fourth-order valence-corrected chi connectivity index (χ4v) is 3.47. The van der Waals surface area contributed by atoms with Crippen molar-refractivity contribution in [1.29, 1.82) is 0 Å². The van der Waals surface area contributed by atoms with Crippen LogP contribution in [-0.4, -0.2) is 48.5 Å². The summed E-state index contributed by atoms with van der Waals surface area (Å²) in [5.74, 6) is 0.376. The second-order valence-electron chi connectivity index (χ2n) is 7.46. The van der Waals surface area contributed by atoms with Crippen LogP contribution < -0.4 is 10.2 Å². The molecular formula is C21H26N4O3. The first-order valence-corrected chi connectivity index (χ1v) is 9.56. The van der Waals surface area contributed by atoms with Gasteiger partial charge in [-0.3, -0.25) is 19.8 Å². The molecule has 1 heterocycles. The van der Waals surface area contributed by atoms with E-state index in [1.165, 1.54) is 24.3 Å². The molecule has 1 saturated heterocycles. The molecule has 1 fully saturated rings. The third-order valence-electron chi connectivity index (χ3n) is 4.83. The van der Waals surface area contributed by atoms with Crippen molar-refractivity contribution in [3.8, 4) is 0 Å². The van der Waals surface area contributed by atoms with E-state index in [0.717, 1.165) is 44.1 Å². The SMILES string of the molecule is CC(C)CN1CCN(c2ccccc2NC(=O)c2ccc([N+](=O)[O-])cc2)CC1. The minimum absolute atomic E-state index is 0.0313. The van der Waals surface area contributed by atoms with E-state index in [4.69, 9.17) is 0 Å². The highest BCUT2D eigenvalue weighted by molar-refractivity contribution is 6.06. The van der Waals surface area contributed by atoms with Crippen LogP contribution in [0, 0.1) is 16.0 Å². The Morgan fingerprint density at radius 2 is 1.71 bits per heavy atom. The lowest BCUT2D eigenvalue weighted by molar-refractivity contribution is -0.384. The fraction of sp³-hybridized carbons (Fsp3) is 0.381. The summed E-state index contributed by atoms with van der Waals surface area (Å²) in [5.41, 5.74) is 2.11. The zero-order chi connectivity index (χ0) is 20.1. The average molecular weight is 382 g/mol. The number of rotatable bonds is 6. The van der Waals surface area contributed by atoms with E-state index in [2.05, 4.69) is 29.0 Å². The summed E-state index contributed by atoms with van der Waals surface area (Å²) in [6.07, 6.45) is 0. The van der Waals surface area contributed by atoms with E-state index in [9.17, 15) is 14.9 Å². The maximum atomic E-state index is 12.6. The highest BCUT2D eigenvalue weighted by atomic mass is 16.6. The van der Waals surface area contributed by atoms with Crippen molar-refractivity contribution in [1.82, 2.24) is 4.90 Å². The van der Waals surface area contributed by atoms with E-state index >= 15 is 0 Å². The van der Waals surface area contributed by atoms with Crippen molar-refractivity contribution in [2.45, 2.75) is 13.8 Å². The Bertz CT molecular complexity index is 828. The van der Waals surface area contributed by atoms with Crippen LogP contribution in [0.25, 0.3) is 0 Å². The lowest BCUT2D eigenvalue weighted by Crippen LogP contribution is -2.47. The summed E-state index contributed by atoms with van der Waals surface area (Å²) in [6.45, 7) is 9.40. The number of hydrogen-bond acceptors (Lipinski definition) is 5. The topological polar surface area (TPSA) is 78.7 Å². The van der Waals surface area contributed by atoms with Gasteiger partial charge in [-0.1, -0.05) is 26.0 Å². The Balaban J connectivity index is 1.69. The van der Waals surface area contributed by atoms with Crippen molar-refractivity contribution in [2.24, 2.45) is 5.92 Å². The minimum Gasteiger partial charge on any atom is -0.367 e. The highest BCUT2D eigenvalue weighted by Crippen LogP contribution is 2.27. The van der Waals surface area contributed by atoms with Crippen LogP contribution in [0.2, 0.25) is 0 Å². The average Bonchev–Trinajstić information content (AvgIpc) is 2.69. The van der Waals surface area contributed by atoms with Gasteiger partial charge in [0.1, 0.15) is 0 Å².